The summed E-state index contributed by atoms with van der Waals surface area (Å²) in [6.07, 6.45) is 3.32. The number of rotatable bonds is 3. The van der Waals surface area contributed by atoms with Gasteiger partial charge in [-0.2, -0.15) is 5.10 Å². The van der Waals surface area contributed by atoms with Gasteiger partial charge < -0.3 is 15.4 Å². The van der Waals surface area contributed by atoms with Crippen LogP contribution in [-0.4, -0.2) is 46.1 Å². The zero-order valence-electron chi connectivity index (χ0n) is 18.7. The van der Waals surface area contributed by atoms with Crippen LogP contribution in [0.4, 0.5) is 16.3 Å². The predicted octanol–water partition coefficient (Wildman–Crippen LogP) is 3.83. The third-order valence-corrected chi connectivity index (χ3v) is 5.86. The van der Waals surface area contributed by atoms with E-state index in [0.29, 0.717) is 18.8 Å². The van der Waals surface area contributed by atoms with Crippen LogP contribution in [0.1, 0.15) is 22.5 Å². The monoisotopic (exact) mass is 454 g/mol. The highest BCUT2D eigenvalue weighted by molar-refractivity contribution is 6.10. The van der Waals surface area contributed by atoms with Crippen LogP contribution in [0.3, 0.4) is 0 Å². The molecule has 34 heavy (non-hydrogen) atoms. The molecule has 0 aliphatic carbocycles. The Morgan fingerprint density at radius 2 is 1.94 bits per heavy atom. The minimum Gasteiger partial charge on any atom is -0.372 e. The number of hydrogen-bond donors (Lipinski definition) is 1. The molecule has 9 nitrogen and oxygen atoms in total. The van der Waals surface area contributed by atoms with Crippen molar-refractivity contribution in [1.29, 1.82) is 0 Å². The lowest BCUT2D eigenvalue weighted by Crippen LogP contribution is -2.30. The van der Waals surface area contributed by atoms with Gasteiger partial charge in [0.15, 0.2) is 5.69 Å². The van der Waals surface area contributed by atoms with Crippen LogP contribution in [-0.2, 0) is 11.8 Å². The fourth-order valence-electron chi connectivity index (χ4n) is 4.31. The summed E-state index contributed by atoms with van der Waals surface area (Å²) in [5, 5.41) is 5.95. The molecule has 0 saturated heterocycles. The van der Waals surface area contributed by atoms with Crippen molar-refractivity contribution in [3.63, 3.8) is 0 Å². The summed E-state index contributed by atoms with van der Waals surface area (Å²) < 4.78 is 6.36. The Hall–Kier alpha value is -4.53. The van der Waals surface area contributed by atoms with Crippen LogP contribution in [0.5, 0.6) is 0 Å². The zero-order valence-corrected chi connectivity index (χ0v) is 18.7. The van der Waals surface area contributed by atoms with Crippen molar-refractivity contribution in [3.05, 3.63) is 72.2 Å². The molecule has 170 valence electrons. The fourth-order valence-corrected chi connectivity index (χ4v) is 4.31. The first kappa shape index (κ1) is 21.3. The van der Waals surface area contributed by atoms with E-state index in [-0.39, 0.29) is 5.69 Å². The summed E-state index contributed by atoms with van der Waals surface area (Å²) in [6, 6.07) is 15.4. The molecule has 1 aliphatic rings. The van der Waals surface area contributed by atoms with E-state index < -0.39 is 12.1 Å². The molecule has 5 rings (SSSR count). The van der Waals surface area contributed by atoms with Crippen molar-refractivity contribution < 1.29 is 14.3 Å². The SMILES string of the molecule is CN=C1CCN(c2nc(C(=O)OC(N)=O)cc3ccccc23)c2ccc(-c3cnn(C)c3)cc21. The molecule has 9 heteroatoms. The summed E-state index contributed by atoms with van der Waals surface area (Å²) >= 11 is 0. The Kier molecular flexibility index (Phi) is 5.29. The normalized spacial score (nSPS) is 14.3. The number of carbonyl (C=O) groups is 2. The number of fused-ring (bicyclic) bond motifs is 2. The number of ether oxygens (including phenoxy) is 1. The lowest BCUT2D eigenvalue weighted by Gasteiger charge is -2.32. The molecule has 0 saturated carbocycles. The first-order valence-corrected chi connectivity index (χ1v) is 10.7. The smallest absolute Gasteiger partial charge is 0.372 e. The number of aromatic nitrogens is 3. The van der Waals surface area contributed by atoms with Crippen LogP contribution in [0.25, 0.3) is 21.9 Å². The van der Waals surface area contributed by atoms with Gasteiger partial charge in [-0.25, -0.2) is 14.6 Å². The number of aliphatic imine (C=N–C) groups is 1. The highest BCUT2D eigenvalue weighted by atomic mass is 16.6. The average Bonchev–Trinajstić information content (AvgIpc) is 3.28. The minimum atomic E-state index is -1.17. The van der Waals surface area contributed by atoms with Gasteiger partial charge in [0.05, 0.1) is 11.9 Å². The zero-order chi connectivity index (χ0) is 23.8. The molecule has 2 aromatic carbocycles. The van der Waals surface area contributed by atoms with Crippen molar-refractivity contribution in [1.82, 2.24) is 14.8 Å². The van der Waals surface area contributed by atoms with Crippen molar-refractivity contribution in [2.45, 2.75) is 6.42 Å². The van der Waals surface area contributed by atoms with Gasteiger partial charge in [0.25, 0.3) is 0 Å². The summed E-state index contributed by atoms with van der Waals surface area (Å²) in [6.45, 7) is 0.622. The van der Waals surface area contributed by atoms with E-state index in [4.69, 9.17) is 5.73 Å². The van der Waals surface area contributed by atoms with Crippen LogP contribution in [0.15, 0.2) is 65.9 Å². The second-order valence-electron chi connectivity index (χ2n) is 7.97. The molecule has 0 radical (unpaired) electrons. The second-order valence-corrected chi connectivity index (χ2v) is 7.97. The van der Waals surface area contributed by atoms with Gasteiger partial charge in [0, 0.05) is 55.5 Å². The van der Waals surface area contributed by atoms with E-state index >= 15 is 0 Å². The molecule has 2 N–H and O–H groups in total. The maximum Gasteiger partial charge on any atom is 0.412 e. The number of pyridine rings is 1. The Bertz CT molecular complexity index is 1470. The summed E-state index contributed by atoms with van der Waals surface area (Å²) in [4.78, 5) is 34.8. The quantitative estimate of drug-likeness (QED) is 0.372. The number of amides is 1. The Balaban J connectivity index is 1.67. The van der Waals surface area contributed by atoms with E-state index in [0.717, 1.165) is 38.9 Å². The standard InChI is InChI=1S/C25H22N6O3/c1-27-20-9-10-31(22-8-7-15(11-19(20)22)17-13-28-30(2)14-17)23-18-6-4-3-5-16(18)12-21(29-23)24(32)34-25(26)33/h3-8,11-14H,9-10H2,1-2H3,(H2,26,33). The molecule has 1 amide bonds. The molecule has 4 aromatic rings. The van der Waals surface area contributed by atoms with Gasteiger partial charge in [-0.3, -0.25) is 9.67 Å². The third kappa shape index (κ3) is 3.77. The molecule has 2 aromatic heterocycles. The number of carbonyl (C=O) groups excluding carboxylic acids is 2. The van der Waals surface area contributed by atoms with Crippen LogP contribution < -0.4 is 10.6 Å². The molecule has 0 atom stereocenters. The van der Waals surface area contributed by atoms with E-state index in [1.165, 1.54) is 0 Å². The van der Waals surface area contributed by atoms with Crippen molar-refractivity contribution in [2.75, 3.05) is 18.5 Å². The van der Waals surface area contributed by atoms with E-state index in [1.54, 1.807) is 17.8 Å². The van der Waals surface area contributed by atoms with Gasteiger partial charge in [-0.1, -0.05) is 30.3 Å². The third-order valence-electron chi connectivity index (χ3n) is 5.86. The number of anilines is 2. The number of esters is 1. The van der Waals surface area contributed by atoms with Gasteiger partial charge in [0.2, 0.25) is 0 Å². The molecular formula is C25H22N6O3. The van der Waals surface area contributed by atoms with Crippen molar-refractivity contribution in [3.8, 4) is 11.1 Å². The first-order chi connectivity index (χ1) is 16.4. The maximum absolute atomic E-state index is 12.5. The van der Waals surface area contributed by atoms with E-state index in [2.05, 4.69) is 30.8 Å². The van der Waals surface area contributed by atoms with Crippen molar-refractivity contribution in [2.24, 2.45) is 17.8 Å². The lowest BCUT2D eigenvalue weighted by molar-refractivity contribution is 0.0632. The van der Waals surface area contributed by atoms with Gasteiger partial charge in [0.1, 0.15) is 5.82 Å². The summed E-state index contributed by atoms with van der Waals surface area (Å²) in [5.41, 5.74) is 10.0. The Morgan fingerprint density at radius 1 is 1.12 bits per heavy atom. The second kappa shape index (κ2) is 8.43. The number of benzene rings is 2. The molecule has 0 unspecified atom stereocenters. The molecular weight excluding hydrogens is 432 g/mol. The number of aryl methyl sites for hydroxylation is 1. The largest absolute Gasteiger partial charge is 0.412 e. The molecule has 3 heterocycles. The highest BCUT2D eigenvalue weighted by Crippen LogP contribution is 2.38. The van der Waals surface area contributed by atoms with Crippen LogP contribution >= 0.6 is 0 Å². The summed E-state index contributed by atoms with van der Waals surface area (Å²) in [7, 11) is 3.68. The predicted molar refractivity (Wildman–Crippen MR) is 129 cm³/mol. The Morgan fingerprint density at radius 3 is 2.68 bits per heavy atom. The fraction of sp³-hybridized carbons (Fsp3) is 0.160. The lowest BCUT2D eigenvalue weighted by atomic mass is 9.95. The highest BCUT2D eigenvalue weighted by Gasteiger charge is 2.27. The van der Waals surface area contributed by atoms with Crippen molar-refractivity contribution >= 4 is 40.1 Å². The molecule has 0 spiro atoms. The summed E-state index contributed by atoms with van der Waals surface area (Å²) in [5.74, 6) is -0.292. The van der Waals surface area contributed by atoms with Crippen LogP contribution in [0.2, 0.25) is 0 Å². The number of primary amides is 1. The Labute approximate surface area is 195 Å². The number of hydrogen-bond acceptors (Lipinski definition) is 7. The van der Waals surface area contributed by atoms with Crippen LogP contribution in [0, 0.1) is 0 Å². The van der Waals surface area contributed by atoms with Gasteiger partial charge >= 0.3 is 12.1 Å². The molecule has 1 aliphatic heterocycles. The first-order valence-electron chi connectivity index (χ1n) is 10.7. The maximum atomic E-state index is 12.5. The average molecular weight is 454 g/mol. The van der Waals surface area contributed by atoms with E-state index in [1.807, 2.05) is 55.8 Å². The molecule has 0 bridgehead atoms. The minimum absolute atomic E-state index is 0.0102. The number of nitrogens with two attached hydrogens (primary N) is 1. The van der Waals surface area contributed by atoms with Gasteiger partial charge in [-0.05, 0) is 29.1 Å². The number of nitrogens with zero attached hydrogens (tertiary/aromatic N) is 5. The van der Waals surface area contributed by atoms with Gasteiger partial charge in [-0.15, -0.1) is 0 Å². The topological polar surface area (TPSA) is 116 Å². The van der Waals surface area contributed by atoms with E-state index in [9.17, 15) is 9.59 Å². The molecule has 0 fully saturated rings.